The third kappa shape index (κ3) is 2.20. The van der Waals surface area contributed by atoms with Gasteiger partial charge in [-0.25, -0.2) is 9.97 Å². The van der Waals surface area contributed by atoms with Gasteiger partial charge in [-0.3, -0.25) is 0 Å². The maximum absolute atomic E-state index is 10.1. The van der Waals surface area contributed by atoms with E-state index in [9.17, 15) is 5.11 Å². The van der Waals surface area contributed by atoms with Gasteiger partial charge in [0.15, 0.2) is 0 Å². The van der Waals surface area contributed by atoms with Crippen LogP contribution in [0.25, 0.3) is 22.1 Å². The Balaban J connectivity index is 2.35. The highest BCUT2D eigenvalue weighted by Gasteiger charge is 2.22. The number of nitrogens with one attached hydrogen (secondary N) is 1. The Kier molecular flexibility index (Phi) is 3.65. The summed E-state index contributed by atoms with van der Waals surface area (Å²) < 4.78 is 7.44. The summed E-state index contributed by atoms with van der Waals surface area (Å²) in [7, 11) is 1.69. The average Bonchev–Trinajstić information content (AvgIpc) is 3.07. The second kappa shape index (κ2) is 5.46. The van der Waals surface area contributed by atoms with Crippen LogP contribution in [0.3, 0.4) is 0 Å². The minimum atomic E-state index is -0.641. The van der Waals surface area contributed by atoms with Crippen molar-refractivity contribution in [1.29, 1.82) is 0 Å². The van der Waals surface area contributed by atoms with Gasteiger partial charge in [0.1, 0.15) is 23.1 Å². The summed E-state index contributed by atoms with van der Waals surface area (Å²) in [6.07, 6.45) is 3.87. The average molecular weight is 288 g/mol. The molecule has 0 spiro atoms. The number of rotatable bonds is 5. The van der Waals surface area contributed by atoms with Crippen molar-refractivity contribution in [2.45, 2.75) is 32.4 Å². The van der Waals surface area contributed by atoms with Crippen LogP contribution in [0.5, 0.6) is 0 Å². The molecule has 0 aromatic carbocycles. The molecule has 3 rings (SSSR count). The second-order valence-corrected chi connectivity index (χ2v) is 5.27. The number of aliphatic hydroxyl groups is 1. The first-order valence-electron chi connectivity index (χ1n) is 7.18. The lowest BCUT2D eigenvalue weighted by Crippen LogP contribution is -2.18. The fraction of sp³-hybridized carbons (Fsp3) is 0.467. The molecule has 2 N–H and O–H groups in total. The quantitative estimate of drug-likeness (QED) is 0.756. The second-order valence-electron chi connectivity index (χ2n) is 5.27. The molecule has 0 amide bonds. The van der Waals surface area contributed by atoms with Crippen molar-refractivity contribution in [3.63, 3.8) is 0 Å². The largest absolute Gasteiger partial charge is 0.385 e. The Morgan fingerprint density at radius 3 is 2.95 bits per heavy atom. The Morgan fingerprint density at radius 2 is 2.29 bits per heavy atom. The van der Waals surface area contributed by atoms with E-state index in [1.807, 2.05) is 12.3 Å². The van der Waals surface area contributed by atoms with E-state index in [2.05, 4.69) is 26.4 Å². The number of nitrogens with zero attached hydrogens (tertiary/aromatic N) is 3. The first-order chi connectivity index (χ1) is 10.2. The van der Waals surface area contributed by atoms with Crippen molar-refractivity contribution in [1.82, 2.24) is 19.5 Å². The van der Waals surface area contributed by atoms with Crippen molar-refractivity contribution in [3.05, 3.63) is 24.3 Å². The van der Waals surface area contributed by atoms with Gasteiger partial charge in [0.2, 0.25) is 0 Å². The SMILES string of the molecule is CC[C@@H](COC)n1c([C@H](C)O)nc2cnc3[nH]ccc3c21. The number of ether oxygens (including phenoxy) is 1. The van der Waals surface area contributed by atoms with Crippen LogP contribution >= 0.6 is 0 Å². The predicted octanol–water partition coefficient (Wildman–Crippen LogP) is 2.56. The highest BCUT2D eigenvalue weighted by atomic mass is 16.5. The topological polar surface area (TPSA) is 76.0 Å². The summed E-state index contributed by atoms with van der Waals surface area (Å²) in [5, 5.41) is 11.1. The first-order valence-corrected chi connectivity index (χ1v) is 7.18. The number of imidazole rings is 1. The number of hydrogen-bond acceptors (Lipinski definition) is 4. The lowest BCUT2D eigenvalue weighted by atomic mass is 10.2. The van der Waals surface area contributed by atoms with Crippen LogP contribution in [-0.4, -0.2) is 38.3 Å². The molecule has 0 aliphatic rings. The van der Waals surface area contributed by atoms with E-state index in [4.69, 9.17) is 4.74 Å². The molecule has 6 heteroatoms. The Hall–Kier alpha value is -1.92. The van der Waals surface area contributed by atoms with Gasteiger partial charge in [-0.15, -0.1) is 0 Å². The highest BCUT2D eigenvalue weighted by molar-refractivity contribution is 6.01. The molecule has 0 fully saturated rings. The molecule has 112 valence electrons. The van der Waals surface area contributed by atoms with Crippen molar-refractivity contribution in [3.8, 4) is 0 Å². The summed E-state index contributed by atoms with van der Waals surface area (Å²) in [5.74, 6) is 0.657. The highest BCUT2D eigenvalue weighted by Crippen LogP contribution is 2.31. The first kappa shape index (κ1) is 14.0. The van der Waals surface area contributed by atoms with E-state index < -0.39 is 6.10 Å². The Labute approximate surface area is 122 Å². The molecule has 0 aliphatic carbocycles. The van der Waals surface area contributed by atoms with Gasteiger partial charge in [-0.2, -0.15) is 0 Å². The Bertz CT molecular complexity index is 760. The summed E-state index contributed by atoms with van der Waals surface area (Å²) >= 11 is 0. The zero-order valence-electron chi connectivity index (χ0n) is 12.5. The van der Waals surface area contributed by atoms with Gasteiger partial charge in [0.25, 0.3) is 0 Å². The van der Waals surface area contributed by atoms with E-state index in [-0.39, 0.29) is 6.04 Å². The zero-order chi connectivity index (χ0) is 15.0. The molecule has 3 aromatic heterocycles. The number of fused-ring (bicyclic) bond motifs is 3. The molecule has 2 atom stereocenters. The molecular weight excluding hydrogens is 268 g/mol. The number of methoxy groups -OCH3 is 1. The zero-order valence-corrected chi connectivity index (χ0v) is 12.5. The molecular formula is C15H20N4O2. The van der Waals surface area contributed by atoms with E-state index >= 15 is 0 Å². The van der Waals surface area contributed by atoms with E-state index in [0.717, 1.165) is 28.5 Å². The van der Waals surface area contributed by atoms with Gasteiger partial charge < -0.3 is 19.4 Å². The molecule has 6 nitrogen and oxygen atoms in total. The standard InChI is InChI=1S/C15H20N4O2/c1-4-10(8-21-3)19-13-11-5-6-16-14(11)17-7-12(13)18-15(19)9(2)20/h5-7,9-10,20H,4,8H2,1-3H3,(H,16,17)/t9-,10-/m0/s1. The molecule has 0 saturated heterocycles. The summed E-state index contributed by atoms with van der Waals surface area (Å²) in [5.41, 5.74) is 2.63. The summed E-state index contributed by atoms with van der Waals surface area (Å²) in [6.45, 7) is 4.42. The van der Waals surface area contributed by atoms with Crippen LogP contribution in [0.2, 0.25) is 0 Å². The van der Waals surface area contributed by atoms with Crippen LogP contribution in [0, 0.1) is 0 Å². The van der Waals surface area contributed by atoms with Crippen LogP contribution in [0.15, 0.2) is 18.5 Å². The van der Waals surface area contributed by atoms with Gasteiger partial charge >= 0.3 is 0 Å². The maximum atomic E-state index is 10.1. The monoisotopic (exact) mass is 288 g/mol. The van der Waals surface area contributed by atoms with Gasteiger partial charge in [-0.1, -0.05) is 6.92 Å². The lowest BCUT2D eigenvalue weighted by molar-refractivity contribution is 0.140. The fourth-order valence-electron chi connectivity index (χ4n) is 2.84. The Morgan fingerprint density at radius 1 is 1.48 bits per heavy atom. The maximum Gasteiger partial charge on any atom is 0.139 e. The van der Waals surface area contributed by atoms with E-state index in [1.54, 1.807) is 20.2 Å². The van der Waals surface area contributed by atoms with Crippen LogP contribution in [-0.2, 0) is 4.74 Å². The molecule has 0 aliphatic heterocycles. The van der Waals surface area contributed by atoms with Crippen LogP contribution in [0.4, 0.5) is 0 Å². The molecule has 21 heavy (non-hydrogen) atoms. The predicted molar refractivity (Wildman–Crippen MR) is 81.2 cm³/mol. The van der Waals surface area contributed by atoms with Gasteiger partial charge in [0, 0.05) is 18.7 Å². The fourth-order valence-corrected chi connectivity index (χ4v) is 2.84. The third-order valence-corrected chi connectivity index (χ3v) is 3.83. The lowest BCUT2D eigenvalue weighted by Gasteiger charge is -2.21. The molecule has 0 bridgehead atoms. The minimum absolute atomic E-state index is 0.130. The summed E-state index contributed by atoms with van der Waals surface area (Å²) in [6, 6.07) is 2.12. The number of aromatic amines is 1. The van der Waals surface area contributed by atoms with Crippen molar-refractivity contribution in [2.24, 2.45) is 0 Å². The smallest absolute Gasteiger partial charge is 0.139 e. The number of hydrogen-bond donors (Lipinski definition) is 2. The molecule has 0 saturated carbocycles. The van der Waals surface area contributed by atoms with Crippen molar-refractivity contribution in [2.75, 3.05) is 13.7 Å². The number of pyridine rings is 1. The van der Waals surface area contributed by atoms with Gasteiger partial charge in [-0.05, 0) is 19.4 Å². The number of aromatic nitrogens is 4. The summed E-state index contributed by atoms with van der Waals surface area (Å²) in [4.78, 5) is 12.1. The van der Waals surface area contributed by atoms with Crippen molar-refractivity contribution < 1.29 is 9.84 Å². The van der Waals surface area contributed by atoms with Crippen LogP contribution < -0.4 is 0 Å². The molecule has 3 heterocycles. The normalized spacial score (nSPS) is 14.9. The van der Waals surface area contributed by atoms with E-state index in [1.165, 1.54) is 0 Å². The molecule has 3 aromatic rings. The third-order valence-electron chi connectivity index (χ3n) is 3.83. The van der Waals surface area contributed by atoms with E-state index in [0.29, 0.717) is 12.4 Å². The number of aliphatic hydroxyl groups excluding tert-OH is 1. The molecule has 0 radical (unpaired) electrons. The molecule has 0 unspecified atom stereocenters. The minimum Gasteiger partial charge on any atom is -0.385 e. The van der Waals surface area contributed by atoms with Crippen LogP contribution in [0.1, 0.15) is 38.2 Å². The van der Waals surface area contributed by atoms with Gasteiger partial charge in [0.05, 0.1) is 24.4 Å². The number of H-pyrrole nitrogens is 1. The van der Waals surface area contributed by atoms with Crippen molar-refractivity contribution >= 4 is 22.1 Å².